The highest BCUT2D eigenvalue weighted by Crippen LogP contribution is 2.19. The van der Waals surface area contributed by atoms with Gasteiger partial charge in [0.1, 0.15) is 0 Å². The number of ether oxygens (including phenoxy) is 1. The quantitative estimate of drug-likeness (QED) is 0.429. The second-order valence-electron chi connectivity index (χ2n) is 6.72. The lowest BCUT2D eigenvalue weighted by Gasteiger charge is -2.04. The van der Waals surface area contributed by atoms with Gasteiger partial charge in [-0.15, -0.1) is 0 Å². The highest BCUT2D eigenvalue weighted by atomic mass is 32.2. The molecule has 3 aromatic rings. The van der Waals surface area contributed by atoms with Crippen LogP contribution in [0.1, 0.15) is 35.5 Å². The molecule has 2 aromatic carbocycles. The molecule has 0 aliphatic rings. The minimum Gasteiger partial charge on any atom is -0.462 e. The van der Waals surface area contributed by atoms with Gasteiger partial charge in [0.2, 0.25) is 0 Å². The van der Waals surface area contributed by atoms with Crippen LogP contribution in [0.15, 0.2) is 70.0 Å². The van der Waals surface area contributed by atoms with E-state index in [0.29, 0.717) is 0 Å². The van der Waals surface area contributed by atoms with Gasteiger partial charge in [-0.05, 0) is 68.8 Å². The summed E-state index contributed by atoms with van der Waals surface area (Å²) in [5.41, 5.74) is 3.70. The average Bonchev–Trinajstić information content (AvgIpc) is 2.73. The Labute approximate surface area is 176 Å². The highest BCUT2D eigenvalue weighted by molar-refractivity contribution is 7.90. The molecular weight excluding hydrogens is 400 g/mol. The smallest absolute Gasteiger partial charge is 0.338 e. The molecule has 0 radical (unpaired) electrons. The monoisotopic (exact) mass is 422 g/mol. The number of hydrogen-bond donors (Lipinski definition) is 0. The predicted octanol–water partition coefficient (Wildman–Crippen LogP) is 4.58. The summed E-state index contributed by atoms with van der Waals surface area (Å²) >= 11 is 0. The Bertz CT molecular complexity index is 1260. The fourth-order valence-corrected chi connectivity index (χ4v) is 3.70. The van der Waals surface area contributed by atoms with Crippen LogP contribution in [0, 0.1) is 6.92 Å². The van der Waals surface area contributed by atoms with Gasteiger partial charge >= 0.3 is 5.97 Å². The zero-order valence-electron chi connectivity index (χ0n) is 17.0. The number of pyridine rings is 1. The van der Waals surface area contributed by atoms with Crippen LogP contribution < -0.4 is 0 Å². The zero-order valence-corrected chi connectivity index (χ0v) is 17.8. The first kappa shape index (κ1) is 21.4. The summed E-state index contributed by atoms with van der Waals surface area (Å²) in [7, 11) is -3.95. The molecule has 7 heteroatoms. The summed E-state index contributed by atoms with van der Waals surface area (Å²) in [6.45, 7) is 5.75. The van der Waals surface area contributed by atoms with E-state index in [1.54, 1.807) is 13.0 Å². The van der Waals surface area contributed by atoms with Gasteiger partial charge in [0.05, 0.1) is 28.3 Å². The van der Waals surface area contributed by atoms with E-state index in [1.807, 2.05) is 38.1 Å². The lowest BCUT2D eigenvalue weighted by Crippen LogP contribution is -2.06. The molecule has 0 aliphatic heterocycles. The standard InChI is InChI=1S/C23H22N2O4S/c1-4-29-23(26)19-6-5-7-20(15-19)30(27,28)24-13-12-17(3)21-11-9-18-14-16(2)8-10-22(18)25-21/h5-15H,4H2,1-3H3. The van der Waals surface area contributed by atoms with E-state index < -0.39 is 16.0 Å². The van der Waals surface area contributed by atoms with Gasteiger partial charge in [-0.25, -0.2) is 9.78 Å². The molecular formula is C23H22N2O4S. The van der Waals surface area contributed by atoms with Crippen LogP contribution in [0.3, 0.4) is 0 Å². The Kier molecular flexibility index (Phi) is 6.42. The molecule has 0 spiro atoms. The zero-order chi connectivity index (χ0) is 21.7. The molecule has 0 bridgehead atoms. The van der Waals surface area contributed by atoms with Crippen molar-refractivity contribution in [1.29, 1.82) is 0 Å². The third-order valence-electron chi connectivity index (χ3n) is 4.42. The molecule has 154 valence electrons. The number of benzene rings is 2. The van der Waals surface area contributed by atoms with Crippen molar-refractivity contribution >= 4 is 38.7 Å². The third kappa shape index (κ3) is 4.99. The normalized spacial score (nSPS) is 12.4. The molecule has 0 amide bonds. The maximum atomic E-state index is 12.5. The summed E-state index contributed by atoms with van der Waals surface area (Å²) < 4.78 is 33.6. The minimum atomic E-state index is -3.95. The summed E-state index contributed by atoms with van der Waals surface area (Å²) in [5, 5.41) is 1.05. The fourth-order valence-electron chi connectivity index (χ4n) is 2.83. The molecule has 0 fully saturated rings. The van der Waals surface area contributed by atoms with Crippen molar-refractivity contribution in [3.05, 3.63) is 77.5 Å². The number of carbonyl (C=O) groups is 1. The van der Waals surface area contributed by atoms with Crippen LogP contribution in [0.2, 0.25) is 0 Å². The van der Waals surface area contributed by atoms with E-state index in [1.165, 1.54) is 30.5 Å². The molecule has 0 atom stereocenters. The number of fused-ring (bicyclic) bond motifs is 1. The molecule has 1 aromatic heterocycles. The Balaban J connectivity index is 1.82. The van der Waals surface area contributed by atoms with Gasteiger partial charge in [0.15, 0.2) is 0 Å². The molecule has 0 saturated heterocycles. The van der Waals surface area contributed by atoms with Gasteiger partial charge in [-0.2, -0.15) is 12.8 Å². The third-order valence-corrected chi connectivity index (χ3v) is 5.66. The van der Waals surface area contributed by atoms with Gasteiger partial charge in [-0.3, -0.25) is 0 Å². The fraction of sp³-hybridized carbons (Fsp3) is 0.174. The summed E-state index contributed by atoms with van der Waals surface area (Å²) in [4.78, 5) is 16.4. The number of esters is 1. The second kappa shape index (κ2) is 9.00. The van der Waals surface area contributed by atoms with E-state index in [4.69, 9.17) is 4.74 Å². The Morgan fingerprint density at radius 1 is 1.13 bits per heavy atom. The van der Waals surface area contributed by atoms with Crippen LogP contribution in [0.25, 0.3) is 16.5 Å². The average molecular weight is 423 g/mol. The van der Waals surface area contributed by atoms with Crippen LogP contribution in [0.4, 0.5) is 0 Å². The molecule has 30 heavy (non-hydrogen) atoms. The number of rotatable bonds is 6. The van der Waals surface area contributed by atoms with Crippen molar-refractivity contribution < 1.29 is 17.9 Å². The topological polar surface area (TPSA) is 85.7 Å². The molecule has 0 N–H and O–H groups in total. The van der Waals surface area contributed by atoms with Crippen molar-refractivity contribution in [2.45, 2.75) is 25.7 Å². The summed E-state index contributed by atoms with van der Waals surface area (Å²) in [5.74, 6) is -0.577. The van der Waals surface area contributed by atoms with Crippen LogP contribution in [-0.2, 0) is 14.8 Å². The summed E-state index contributed by atoms with van der Waals surface area (Å²) in [6, 6.07) is 15.5. The molecule has 0 aliphatic carbocycles. The molecule has 0 saturated carbocycles. The maximum absolute atomic E-state index is 12.5. The second-order valence-corrected chi connectivity index (χ2v) is 8.35. The van der Waals surface area contributed by atoms with Crippen LogP contribution >= 0.6 is 0 Å². The van der Waals surface area contributed by atoms with E-state index >= 15 is 0 Å². The largest absolute Gasteiger partial charge is 0.462 e. The SMILES string of the molecule is CCOC(=O)c1cccc(S(=O)(=O)N=CC=C(C)c2ccc3cc(C)ccc3n2)c1. The van der Waals surface area contributed by atoms with Gasteiger partial charge in [-0.1, -0.05) is 23.8 Å². The first-order valence-corrected chi connectivity index (χ1v) is 10.9. The Hall–Kier alpha value is -3.32. The number of carbonyl (C=O) groups excluding carboxylic acids is 1. The Morgan fingerprint density at radius 2 is 1.93 bits per heavy atom. The Morgan fingerprint density at radius 3 is 2.70 bits per heavy atom. The van der Waals surface area contributed by atoms with E-state index in [9.17, 15) is 13.2 Å². The number of hydrogen-bond acceptors (Lipinski definition) is 5. The molecule has 3 rings (SSSR count). The number of sulfonamides is 1. The van der Waals surface area contributed by atoms with Crippen molar-refractivity contribution in [3.8, 4) is 0 Å². The van der Waals surface area contributed by atoms with Crippen LogP contribution in [0.5, 0.6) is 0 Å². The van der Waals surface area contributed by atoms with E-state index in [-0.39, 0.29) is 17.1 Å². The molecule has 6 nitrogen and oxygen atoms in total. The van der Waals surface area contributed by atoms with Crippen molar-refractivity contribution in [2.75, 3.05) is 6.61 Å². The van der Waals surface area contributed by atoms with E-state index in [0.717, 1.165) is 27.7 Å². The number of aromatic nitrogens is 1. The van der Waals surface area contributed by atoms with Crippen LogP contribution in [-0.4, -0.2) is 32.2 Å². The lowest BCUT2D eigenvalue weighted by molar-refractivity contribution is 0.0526. The number of aryl methyl sites for hydroxylation is 1. The first-order chi connectivity index (χ1) is 14.3. The van der Waals surface area contributed by atoms with Crippen molar-refractivity contribution in [2.24, 2.45) is 4.40 Å². The number of nitrogens with zero attached hydrogens (tertiary/aromatic N) is 2. The van der Waals surface area contributed by atoms with Gasteiger partial charge in [0, 0.05) is 11.6 Å². The number of allylic oxidation sites excluding steroid dienone is 2. The summed E-state index contributed by atoms with van der Waals surface area (Å²) in [6.07, 6.45) is 2.82. The molecule has 0 unspecified atom stereocenters. The first-order valence-electron chi connectivity index (χ1n) is 9.42. The highest BCUT2D eigenvalue weighted by Gasteiger charge is 2.15. The maximum Gasteiger partial charge on any atom is 0.338 e. The van der Waals surface area contributed by atoms with Gasteiger partial charge in [0.25, 0.3) is 10.0 Å². The van der Waals surface area contributed by atoms with Crippen molar-refractivity contribution in [3.63, 3.8) is 0 Å². The predicted molar refractivity (Wildman–Crippen MR) is 118 cm³/mol. The lowest BCUT2D eigenvalue weighted by atomic mass is 10.1. The van der Waals surface area contributed by atoms with Crippen molar-refractivity contribution in [1.82, 2.24) is 4.98 Å². The minimum absolute atomic E-state index is 0.0745. The molecule has 1 heterocycles. The van der Waals surface area contributed by atoms with E-state index in [2.05, 4.69) is 15.4 Å². The van der Waals surface area contributed by atoms with Gasteiger partial charge < -0.3 is 4.74 Å².